The molecule has 1 aliphatic carbocycles. The van der Waals surface area contributed by atoms with Crippen LogP contribution in [-0.2, 0) is 4.79 Å². The van der Waals surface area contributed by atoms with Crippen LogP contribution in [0.25, 0.3) is 0 Å². The molecule has 3 rings (SSSR count). The molecule has 0 spiro atoms. The highest BCUT2D eigenvalue weighted by Gasteiger charge is 2.53. The van der Waals surface area contributed by atoms with E-state index in [2.05, 4.69) is 11.8 Å². The fourth-order valence-electron chi connectivity index (χ4n) is 2.58. The number of carboxylic acid groups (broad SMARTS) is 1. The molecular formula is C9H15NO2. The largest absolute Gasteiger partial charge is 0.480 e. The number of nitrogens with zero attached hydrogens (tertiary/aromatic N) is 1. The standard InChI is InChI=1S/C9H15NO2/c1-2-3-10-7-4-6(5-7)8(10)9(11)12/h6-8H,2-5H2,1H3,(H,11,12). The highest BCUT2D eigenvalue weighted by molar-refractivity contribution is 5.75. The lowest BCUT2D eigenvalue weighted by Crippen LogP contribution is -2.37. The maximum absolute atomic E-state index is 10.9. The molecule has 0 aromatic rings. The molecule has 1 unspecified atom stereocenters. The molecule has 3 fully saturated rings. The Balaban J connectivity index is 2.06. The molecule has 0 amide bonds. The van der Waals surface area contributed by atoms with Gasteiger partial charge >= 0.3 is 5.97 Å². The van der Waals surface area contributed by atoms with Gasteiger partial charge in [-0.15, -0.1) is 0 Å². The molecule has 0 radical (unpaired) electrons. The normalized spacial score (nSPS) is 39.6. The van der Waals surface area contributed by atoms with Gasteiger partial charge < -0.3 is 5.11 Å². The van der Waals surface area contributed by atoms with Crippen LogP contribution in [0.1, 0.15) is 26.2 Å². The Morgan fingerprint density at radius 2 is 2.25 bits per heavy atom. The van der Waals surface area contributed by atoms with E-state index >= 15 is 0 Å². The van der Waals surface area contributed by atoms with Crippen molar-refractivity contribution in [1.29, 1.82) is 0 Å². The van der Waals surface area contributed by atoms with Crippen LogP contribution in [0, 0.1) is 5.92 Å². The van der Waals surface area contributed by atoms with Gasteiger partial charge in [-0.1, -0.05) is 6.92 Å². The minimum atomic E-state index is -0.617. The Hall–Kier alpha value is -0.570. The minimum Gasteiger partial charge on any atom is -0.480 e. The summed E-state index contributed by atoms with van der Waals surface area (Å²) in [6.45, 7) is 3.06. The Kier molecular flexibility index (Phi) is 1.83. The van der Waals surface area contributed by atoms with Crippen molar-refractivity contribution in [1.82, 2.24) is 4.90 Å². The number of hydrogen-bond acceptors (Lipinski definition) is 2. The van der Waals surface area contributed by atoms with E-state index in [9.17, 15) is 4.79 Å². The number of aliphatic carboxylic acids is 1. The van der Waals surface area contributed by atoms with Gasteiger partial charge in [0.1, 0.15) is 6.04 Å². The molecule has 1 atom stereocenters. The molecule has 0 aromatic carbocycles. The summed E-state index contributed by atoms with van der Waals surface area (Å²) in [6, 6.07) is 0.436. The van der Waals surface area contributed by atoms with Crippen molar-refractivity contribution in [3.8, 4) is 0 Å². The molecular weight excluding hydrogens is 154 g/mol. The monoisotopic (exact) mass is 169 g/mol. The fraction of sp³-hybridized carbons (Fsp3) is 0.889. The van der Waals surface area contributed by atoms with Gasteiger partial charge in [0.2, 0.25) is 0 Å². The molecule has 3 nitrogen and oxygen atoms in total. The molecule has 0 aromatic heterocycles. The summed E-state index contributed by atoms with van der Waals surface area (Å²) in [5, 5.41) is 8.97. The summed E-state index contributed by atoms with van der Waals surface area (Å²) < 4.78 is 0. The fourth-order valence-corrected chi connectivity index (χ4v) is 2.58. The van der Waals surface area contributed by atoms with E-state index in [-0.39, 0.29) is 6.04 Å². The highest BCUT2D eigenvalue weighted by atomic mass is 16.4. The first-order valence-electron chi connectivity index (χ1n) is 4.72. The van der Waals surface area contributed by atoms with Crippen LogP contribution in [0.15, 0.2) is 0 Å². The van der Waals surface area contributed by atoms with Gasteiger partial charge in [-0.25, -0.2) is 0 Å². The van der Waals surface area contributed by atoms with Crippen LogP contribution in [-0.4, -0.2) is 34.6 Å². The summed E-state index contributed by atoms with van der Waals surface area (Å²) in [7, 11) is 0. The van der Waals surface area contributed by atoms with E-state index in [4.69, 9.17) is 5.11 Å². The van der Waals surface area contributed by atoms with E-state index < -0.39 is 5.97 Å². The Labute approximate surface area is 72.4 Å². The van der Waals surface area contributed by atoms with Crippen LogP contribution in [0.5, 0.6) is 0 Å². The first-order chi connectivity index (χ1) is 5.74. The van der Waals surface area contributed by atoms with Crippen molar-refractivity contribution in [2.24, 2.45) is 5.92 Å². The lowest BCUT2D eigenvalue weighted by molar-refractivity contribution is -0.142. The van der Waals surface area contributed by atoms with Crippen LogP contribution < -0.4 is 0 Å². The van der Waals surface area contributed by atoms with Gasteiger partial charge in [0.15, 0.2) is 0 Å². The average Bonchev–Trinajstić information content (AvgIpc) is 2.39. The van der Waals surface area contributed by atoms with Crippen molar-refractivity contribution < 1.29 is 9.90 Å². The number of carboxylic acids is 1. The quantitative estimate of drug-likeness (QED) is 0.683. The highest BCUT2D eigenvalue weighted by Crippen LogP contribution is 2.45. The second-order valence-electron chi connectivity index (χ2n) is 3.91. The third kappa shape index (κ3) is 0.959. The second-order valence-corrected chi connectivity index (χ2v) is 3.91. The third-order valence-corrected chi connectivity index (χ3v) is 3.16. The number of hydrogen-bond donors (Lipinski definition) is 1. The van der Waals surface area contributed by atoms with Gasteiger partial charge in [-0.2, -0.15) is 0 Å². The predicted octanol–water partition coefficient (Wildman–Crippen LogP) is 0.944. The van der Waals surface area contributed by atoms with Crippen molar-refractivity contribution in [2.45, 2.75) is 38.3 Å². The predicted molar refractivity (Wildman–Crippen MR) is 44.9 cm³/mol. The lowest BCUT2D eigenvalue weighted by Gasteiger charge is -2.25. The van der Waals surface area contributed by atoms with E-state index in [0.717, 1.165) is 25.8 Å². The van der Waals surface area contributed by atoms with Gasteiger partial charge in [0.05, 0.1) is 0 Å². The van der Waals surface area contributed by atoms with Crippen LogP contribution in [0.2, 0.25) is 0 Å². The Morgan fingerprint density at radius 3 is 2.75 bits per heavy atom. The molecule has 2 aliphatic heterocycles. The van der Waals surface area contributed by atoms with E-state index in [1.54, 1.807) is 0 Å². The molecule has 2 bridgehead atoms. The van der Waals surface area contributed by atoms with Crippen molar-refractivity contribution >= 4 is 5.97 Å². The Morgan fingerprint density at radius 1 is 1.58 bits per heavy atom. The smallest absolute Gasteiger partial charge is 0.321 e. The maximum Gasteiger partial charge on any atom is 0.321 e. The van der Waals surface area contributed by atoms with Crippen molar-refractivity contribution in [3.05, 3.63) is 0 Å². The van der Waals surface area contributed by atoms with Gasteiger partial charge in [-0.05, 0) is 31.7 Å². The lowest BCUT2D eigenvalue weighted by atomic mass is 9.83. The van der Waals surface area contributed by atoms with Gasteiger partial charge in [0.25, 0.3) is 0 Å². The molecule has 12 heavy (non-hydrogen) atoms. The summed E-state index contributed by atoms with van der Waals surface area (Å²) in [4.78, 5) is 13.1. The summed E-state index contributed by atoms with van der Waals surface area (Å²) in [5.74, 6) is -0.160. The SMILES string of the molecule is CCCN1C2CC(C2)C1C(=O)O. The van der Waals surface area contributed by atoms with Gasteiger partial charge in [-0.3, -0.25) is 9.69 Å². The Bertz CT molecular complexity index is 199. The number of rotatable bonds is 3. The van der Waals surface area contributed by atoms with Crippen LogP contribution in [0.4, 0.5) is 0 Å². The first-order valence-corrected chi connectivity index (χ1v) is 4.72. The molecule has 1 saturated carbocycles. The zero-order valence-corrected chi connectivity index (χ0v) is 7.36. The molecule has 68 valence electrons. The topological polar surface area (TPSA) is 40.5 Å². The average molecular weight is 169 g/mol. The molecule has 3 heteroatoms. The van der Waals surface area contributed by atoms with Gasteiger partial charge in [0, 0.05) is 6.04 Å². The van der Waals surface area contributed by atoms with E-state index in [0.29, 0.717) is 12.0 Å². The van der Waals surface area contributed by atoms with Crippen molar-refractivity contribution in [3.63, 3.8) is 0 Å². The molecule has 1 N–H and O–H groups in total. The third-order valence-electron chi connectivity index (χ3n) is 3.16. The van der Waals surface area contributed by atoms with Crippen molar-refractivity contribution in [2.75, 3.05) is 6.54 Å². The first kappa shape index (κ1) is 8.05. The number of carbonyl (C=O) groups is 1. The van der Waals surface area contributed by atoms with Crippen LogP contribution in [0.3, 0.4) is 0 Å². The van der Waals surface area contributed by atoms with E-state index in [1.807, 2.05) is 0 Å². The zero-order valence-electron chi connectivity index (χ0n) is 7.36. The molecule has 3 aliphatic rings. The zero-order chi connectivity index (χ0) is 8.72. The number of fused-ring (bicyclic) bond motifs is 1. The maximum atomic E-state index is 10.9. The van der Waals surface area contributed by atoms with Crippen LogP contribution >= 0.6 is 0 Å². The second kappa shape index (κ2) is 2.73. The summed E-state index contributed by atoms with van der Waals surface area (Å²) in [6.07, 6.45) is 3.31. The molecule has 2 saturated heterocycles. The molecule has 2 heterocycles. The summed E-state index contributed by atoms with van der Waals surface area (Å²) in [5.41, 5.74) is 0. The van der Waals surface area contributed by atoms with E-state index in [1.165, 1.54) is 0 Å². The minimum absolute atomic E-state index is 0.157. The summed E-state index contributed by atoms with van der Waals surface area (Å²) >= 11 is 0.